The molecule has 0 unspecified atom stereocenters. The van der Waals surface area contributed by atoms with Crippen LogP contribution in [0.5, 0.6) is 5.75 Å². The van der Waals surface area contributed by atoms with E-state index < -0.39 is 0 Å². The van der Waals surface area contributed by atoms with Crippen LogP contribution < -0.4 is 4.74 Å². The van der Waals surface area contributed by atoms with Gasteiger partial charge in [0.25, 0.3) is 5.91 Å². The molecule has 152 valence electrons. The Balaban J connectivity index is 1.55. The maximum absolute atomic E-state index is 12.2. The molecule has 0 aliphatic carbocycles. The van der Waals surface area contributed by atoms with Gasteiger partial charge in [0, 0.05) is 26.3 Å². The zero-order chi connectivity index (χ0) is 19.8. The van der Waals surface area contributed by atoms with Crippen molar-refractivity contribution >= 4 is 28.9 Å². The van der Waals surface area contributed by atoms with Gasteiger partial charge in [0.1, 0.15) is 12.4 Å². The molecule has 0 radical (unpaired) electrons. The lowest BCUT2D eigenvalue weighted by Gasteiger charge is -2.27. The minimum Gasteiger partial charge on any atom is -0.488 e. The predicted molar refractivity (Wildman–Crippen MR) is 112 cm³/mol. The molecular formula is C21H28N2O4S. The number of carbonyl (C=O) groups excluding carboxylic acids is 1. The number of piperidine rings is 1. The highest BCUT2D eigenvalue weighted by atomic mass is 32.2. The van der Waals surface area contributed by atoms with Crippen molar-refractivity contribution in [1.29, 1.82) is 0 Å². The van der Waals surface area contributed by atoms with Crippen LogP contribution in [0.1, 0.15) is 38.7 Å². The van der Waals surface area contributed by atoms with Gasteiger partial charge in [-0.1, -0.05) is 12.1 Å². The van der Waals surface area contributed by atoms with E-state index in [4.69, 9.17) is 14.2 Å². The monoisotopic (exact) mass is 404 g/mol. The third-order valence-corrected chi connectivity index (χ3v) is 5.55. The van der Waals surface area contributed by atoms with Crippen LogP contribution in [-0.4, -0.2) is 55.2 Å². The average molecular weight is 405 g/mol. The second kappa shape index (κ2) is 10.6. The number of nitrogens with zero attached hydrogens (tertiary/aromatic N) is 2. The molecule has 0 atom stereocenters. The minimum absolute atomic E-state index is 0.151. The van der Waals surface area contributed by atoms with Crippen molar-refractivity contribution in [2.24, 2.45) is 4.99 Å². The van der Waals surface area contributed by atoms with E-state index in [-0.39, 0.29) is 12.2 Å². The zero-order valence-corrected chi connectivity index (χ0v) is 17.4. The lowest BCUT2D eigenvalue weighted by Crippen LogP contribution is -2.33. The summed E-state index contributed by atoms with van der Waals surface area (Å²) >= 11 is 1.47. The molecule has 3 rings (SSSR count). The molecule has 28 heavy (non-hydrogen) atoms. The summed E-state index contributed by atoms with van der Waals surface area (Å²) in [4.78, 5) is 19.4. The molecule has 0 N–H and O–H groups in total. The maximum Gasteiger partial charge on any atom is 0.286 e. The largest absolute Gasteiger partial charge is 0.488 e. The van der Waals surface area contributed by atoms with Gasteiger partial charge in [-0.3, -0.25) is 4.79 Å². The number of thioether (sulfide) groups is 1. The molecule has 0 aromatic heterocycles. The third kappa shape index (κ3) is 5.83. The van der Waals surface area contributed by atoms with Crippen LogP contribution in [-0.2, 0) is 14.3 Å². The zero-order valence-electron chi connectivity index (χ0n) is 16.6. The Bertz CT molecular complexity index is 706. The number of ether oxygens (including phenoxy) is 3. The number of likely N-dealkylation sites (tertiary alicyclic amines) is 1. The fraction of sp³-hybridized carbons (Fsp3) is 0.524. The summed E-state index contributed by atoms with van der Waals surface area (Å²) in [5, 5.41) is 0.841. The highest BCUT2D eigenvalue weighted by Crippen LogP contribution is 2.31. The average Bonchev–Trinajstić information content (AvgIpc) is 3.09. The Kier molecular flexibility index (Phi) is 7.94. The van der Waals surface area contributed by atoms with Gasteiger partial charge in [-0.2, -0.15) is 4.99 Å². The molecular weight excluding hydrogens is 376 g/mol. The molecule has 0 spiro atoms. The Morgan fingerprint density at radius 1 is 1.11 bits per heavy atom. The molecule has 1 fully saturated rings. The Morgan fingerprint density at radius 2 is 1.79 bits per heavy atom. The fourth-order valence-electron chi connectivity index (χ4n) is 3.11. The van der Waals surface area contributed by atoms with Gasteiger partial charge in [0.05, 0.1) is 4.91 Å². The number of amidine groups is 1. The van der Waals surface area contributed by atoms with Gasteiger partial charge < -0.3 is 19.1 Å². The highest BCUT2D eigenvalue weighted by Gasteiger charge is 2.26. The molecule has 7 heteroatoms. The van der Waals surface area contributed by atoms with Crippen molar-refractivity contribution in [2.45, 2.75) is 39.4 Å². The van der Waals surface area contributed by atoms with E-state index in [1.54, 1.807) is 0 Å². The lowest BCUT2D eigenvalue weighted by molar-refractivity contribution is -0.152. The van der Waals surface area contributed by atoms with Crippen molar-refractivity contribution in [3.63, 3.8) is 0 Å². The second-order valence-corrected chi connectivity index (χ2v) is 7.59. The van der Waals surface area contributed by atoms with E-state index in [1.807, 2.05) is 44.2 Å². The summed E-state index contributed by atoms with van der Waals surface area (Å²) < 4.78 is 16.7. The van der Waals surface area contributed by atoms with Gasteiger partial charge in [-0.15, -0.1) is 0 Å². The van der Waals surface area contributed by atoms with Crippen molar-refractivity contribution < 1.29 is 19.0 Å². The van der Waals surface area contributed by atoms with E-state index in [0.717, 1.165) is 29.6 Å². The summed E-state index contributed by atoms with van der Waals surface area (Å²) in [5.74, 6) is 0.587. The summed E-state index contributed by atoms with van der Waals surface area (Å²) in [6.07, 6.45) is 5.12. The SMILES string of the molecule is CCOC(COc1ccc(/C=C2\SC(N3CCCCC3)=NC2=O)cc1)OCC. The first-order valence-corrected chi connectivity index (χ1v) is 10.7. The Labute approximate surface area is 170 Å². The van der Waals surface area contributed by atoms with Crippen LogP contribution in [0.3, 0.4) is 0 Å². The number of hydrogen-bond acceptors (Lipinski definition) is 6. The first-order valence-electron chi connectivity index (χ1n) is 9.93. The van der Waals surface area contributed by atoms with Crippen LogP contribution in [0.25, 0.3) is 6.08 Å². The standard InChI is InChI=1S/C21H28N2O4S/c1-3-25-19(26-4-2)15-27-17-10-8-16(9-11-17)14-18-20(24)22-21(28-18)23-12-6-5-7-13-23/h8-11,14,19H,3-7,12-13,15H2,1-2H3/b18-14-. The molecule has 0 bridgehead atoms. The molecule has 0 saturated carbocycles. The summed E-state index contributed by atoms with van der Waals surface area (Å²) in [5.41, 5.74) is 0.949. The lowest BCUT2D eigenvalue weighted by atomic mass is 10.1. The second-order valence-electron chi connectivity index (χ2n) is 6.58. The molecule has 2 aliphatic heterocycles. The van der Waals surface area contributed by atoms with Crippen molar-refractivity contribution in [3.05, 3.63) is 34.7 Å². The number of rotatable bonds is 8. The molecule has 2 aliphatic rings. The number of benzene rings is 1. The Morgan fingerprint density at radius 3 is 2.43 bits per heavy atom. The van der Waals surface area contributed by atoms with Crippen LogP contribution in [0.15, 0.2) is 34.2 Å². The van der Waals surface area contributed by atoms with Gasteiger partial charge in [-0.25, -0.2) is 0 Å². The van der Waals surface area contributed by atoms with Crippen LogP contribution in [0, 0.1) is 0 Å². The predicted octanol–water partition coefficient (Wildman–Crippen LogP) is 3.92. The minimum atomic E-state index is -0.366. The fourth-order valence-corrected chi connectivity index (χ4v) is 4.08. The first kappa shape index (κ1) is 20.9. The van der Waals surface area contributed by atoms with Gasteiger partial charge in [0.2, 0.25) is 0 Å². The third-order valence-electron chi connectivity index (χ3n) is 4.50. The van der Waals surface area contributed by atoms with E-state index in [9.17, 15) is 4.79 Å². The molecule has 1 saturated heterocycles. The molecule has 1 aromatic carbocycles. The van der Waals surface area contributed by atoms with Gasteiger partial charge >= 0.3 is 0 Å². The normalized spacial score (nSPS) is 18.8. The molecule has 2 heterocycles. The highest BCUT2D eigenvalue weighted by molar-refractivity contribution is 8.18. The molecule has 1 amide bonds. The van der Waals surface area contributed by atoms with Crippen LogP contribution in [0.2, 0.25) is 0 Å². The number of amides is 1. The summed E-state index contributed by atoms with van der Waals surface area (Å²) in [7, 11) is 0. The smallest absolute Gasteiger partial charge is 0.286 e. The van der Waals surface area contributed by atoms with Crippen LogP contribution >= 0.6 is 11.8 Å². The van der Waals surface area contributed by atoms with E-state index in [1.165, 1.54) is 31.0 Å². The molecule has 1 aromatic rings. The number of hydrogen-bond donors (Lipinski definition) is 0. The van der Waals surface area contributed by atoms with E-state index in [0.29, 0.717) is 24.7 Å². The van der Waals surface area contributed by atoms with E-state index in [2.05, 4.69) is 9.89 Å². The molecule has 6 nitrogen and oxygen atoms in total. The van der Waals surface area contributed by atoms with Crippen LogP contribution in [0.4, 0.5) is 0 Å². The van der Waals surface area contributed by atoms with Gasteiger partial charge in [0.15, 0.2) is 11.5 Å². The van der Waals surface area contributed by atoms with Gasteiger partial charge in [-0.05, 0) is 68.6 Å². The Hall–Kier alpha value is -1.83. The number of carbonyl (C=O) groups is 1. The first-order chi connectivity index (χ1) is 13.7. The summed E-state index contributed by atoms with van der Waals surface area (Å²) in [6, 6.07) is 7.65. The summed E-state index contributed by atoms with van der Waals surface area (Å²) in [6.45, 7) is 7.32. The van der Waals surface area contributed by atoms with Crippen molar-refractivity contribution in [1.82, 2.24) is 4.90 Å². The number of aliphatic imine (C=N–C) groups is 1. The quantitative estimate of drug-likeness (QED) is 0.483. The van der Waals surface area contributed by atoms with E-state index >= 15 is 0 Å². The van der Waals surface area contributed by atoms with Crippen molar-refractivity contribution in [2.75, 3.05) is 32.9 Å². The van der Waals surface area contributed by atoms with Crippen molar-refractivity contribution in [3.8, 4) is 5.75 Å². The maximum atomic E-state index is 12.2. The topological polar surface area (TPSA) is 60.4 Å².